The summed E-state index contributed by atoms with van der Waals surface area (Å²) in [6, 6.07) is 20.8. The van der Waals surface area contributed by atoms with Crippen LogP contribution in [0.2, 0.25) is 0 Å². The number of nitrogens with zero attached hydrogens (tertiary/aromatic N) is 1. The van der Waals surface area contributed by atoms with Crippen LogP contribution in [0, 0.1) is 0 Å². The van der Waals surface area contributed by atoms with Crippen molar-refractivity contribution in [1.29, 1.82) is 0 Å². The first-order valence-electron chi connectivity index (χ1n) is 7.76. The van der Waals surface area contributed by atoms with Crippen LogP contribution in [0.4, 0.5) is 5.69 Å². The molecular weight excluding hydrogens is 416 g/mol. The van der Waals surface area contributed by atoms with Crippen LogP contribution < -0.4 is 4.72 Å². The Morgan fingerprint density at radius 1 is 0.923 bits per heavy atom. The summed E-state index contributed by atoms with van der Waals surface area (Å²) in [4.78, 5) is 4.68. The van der Waals surface area contributed by atoms with E-state index in [1.54, 1.807) is 48.5 Å². The van der Waals surface area contributed by atoms with Crippen LogP contribution in [0.5, 0.6) is 0 Å². The minimum Gasteiger partial charge on any atom is -0.436 e. The summed E-state index contributed by atoms with van der Waals surface area (Å²) in [7, 11) is -3.65. The molecule has 0 saturated heterocycles. The molecule has 0 amide bonds. The molecule has 1 heterocycles. The maximum Gasteiger partial charge on any atom is 0.261 e. The molecule has 0 radical (unpaired) electrons. The largest absolute Gasteiger partial charge is 0.436 e. The number of sulfonamides is 1. The van der Waals surface area contributed by atoms with Gasteiger partial charge in [-0.1, -0.05) is 30.3 Å². The number of oxazole rings is 1. The van der Waals surface area contributed by atoms with Crippen LogP contribution >= 0.6 is 15.9 Å². The quantitative estimate of drug-likeness (QED) is 0.492. The van der Waals surface area contributed by atoms with Gasteiger partial charge in [-0.05, 0) is 58.4 Å². The van der Waals surface area contributed by atoms with E-state index in [2.05, 4.69) is 25.6 Å². The van der Waals surface area contributed by atoms with Gasteiger partial charge in [0.1, 0.15) is 5.52 Å². The van der Waals surface area contributed by atoms with Gasteiger partial charge in [-0.25, -0.2) is 13.4 Å². The van der Waals surface area contributed by atoms with E-state index in [1.807, 2.05) is 24.3 Å². The van der Waals surface area contributed by atoms with Crippen molar-refractivity contribution in [2.75, 3.05) is 4.72 Å². The molecule has 130 valence electrons. The molecule has 0 fully saturated rings. The number of hydrogen-bond donors (Lipinski definition) is 1. The molecular formula is C19H13BrN2O3S. The fraction of sp³-hybridized carbons (Fsp3) is 0. The van der Waals surface area contributed by atoms with Crippen molar-refractivity contribution in [2.24, 2.45) is 0 Å². The number of benzene rings is 3. The highest BCUT2D eigenvalue weighted by Gasteiger charge is 2.15. The van der Waals surface area contributed by atoms with Crippen molar-refractivity contribution in [2.45, 2.75) is 4.90 Å². The third-order valence-corrected chi connectivity index (χ3v) is 5.89. The first-order chi connectivity index (χ1) is 12.5. The zero-order chi connectivity index (χ0) is 18.1. The molecule has 5 nitrogen and oxygen atoms in total. The van der Waals surface area contributed by atoms with Gasteiger partial charge in [-0.15, -0.1) is 0 Å². The van der Waals surface area contributed by atoms with Gasteiger partial charge in [0.2, 0.25) is 5.89 Å². The van der Waals surface area contributed by atoms with Gasteiger partial charge in [0.25, 0.3) is 10.0 Å². The highest BCUT2D eigenvalue weighted by Crippen LogP contribution is 2.31. The molecule has 3 aromatic carbocycles. The molecule has 0 bridgehead atoms. The summed E-state index contributed by atoms with van der Waals surface area (Å²) in [5.74, 6) is 0.468. The molecule has 0 atom stereocenters. The Hall–Kier alpha value is -2.64. The minimum absolute atomic E-state index is 0.203. The normalized spacial score (nSPS) is 11.6. The van der Waals surface area contributed by atoms with E-state index in [-0.39, 0.29) is 4.90 Å². The van der Waals surface area contributed by atoms with Crippen LogP contribution in [0.25, 0.3) is 22.6 Å². The maximum absolute atomic E-state index is 12.4. The average molecular weight is 429 g/mol. The topological polar surface area (TPSA) is 72.2 Å². The summed E-state index contributed by atoms with van der Waals surface area (Å²) >= 11 is 3.48. The number of rotatable bonds is 4. The molecule has 4 aromatic rings. The van der Waals surface area contributed by atoms with E-state index in [0.29, 0.717) is 22.7 Å². The standard InChI is InChI=1S/C19H13BrN2O3S/c20-16-9-5-4-8-15(16)19-21-17-12-13(10-11-18(17)25-19)22-26(23,24)14-6-2-1-3-7-14/h1-12,22H. The summed E-state index contributed by atoms with van der Waals surface area (Å²) in [6.45, 7) is 0. The summed E-state index contributed by atoms with van der Waals surface area (Å²) in [5, 5.41) is 0. The van der Waals surface area contributed by atoms with Crippen LogP contribution in [0.3, 0.4) is 0 Å². The van der Waals surface area contributed by atoms with E-state index >= 15 is 0 Å². The van der Waals surface area contributed by atoms with Crippen molar-refractivity contribution in [3.8, 4) is 11.5 Å². The lowest BCUT2D eigenvalue weighted by molar-refractivity contribution is 0.601. The Labute approximate surface area is 158 Å². The lowest BCUT2D eigenvalue weighted by atomic mass is 10.2. The molecule has 1 aromatic heterocycles. The van der Waals surface area contributed by atoms with E-state index in [0.717, 1.165) is 10.0 Å². The second-order valence-corrected chi connectivity index (χ2v) is 8.14. The molecule has 1 N–H and O–H groups in total. The predicted octanol–water partition coefficient (Wildman–Crippen LogP) is 5.06. The van der Waals surface area contributed by atoms with E-state index in [4.69, 9.17) is 4.42 Å². The van der Waals surface area contributed by atoms with Gasteiger partial charge in [-0.2, -0.15) is 0 Å². The molecule has 0 saturated carbocycles. The molecule has 4 rings (SSSR count). The monoisotopic (exact) mass is 428 g/mol. The average Bonchev–Trinajstić information content (AvgIpc) is 3.05. The smallest absolute Gasteiger partial charge is 0.261 e. The Balaban J connectivity index is 1.69. The van der Waals surface area contributed by atoms with Crippen molar-refractivity contribution in [3.63, 3.8) is 0 Å². The molecule has 0 spiro atoms. The fourth-order valence-electron chi connectivity index (χ4n) is 2.55. The van der Waals surface area contributed by atoms with Gasteiger partial charge in [0.15, 0.2) is 5.58 Å². The van der Waals surface area contributed by atoms with Gasteiger partial charge >= 0.3 is 0 Å². The summed E-state index contributed by atoms with van der Waals surface area (Å²) in [5.41, 5.74) is 2.41. The van der Waals surface area contributed by atoms with Crippen molar-refractivity contribution < 1.29 is 12.8 Å². The number of anilines is 1. The zero-order valence-corrected chi connectivity index (χ0v) is 15.8. The highest BCUT2D eigenvalue weighted by atomic mass is 79.9. The van der Waals surface area contributed by atoms with Gasteiger partial charge < -0.3 is 4.42 Å². The van der Waals surface area contributed by atoms with E-state index in [9.17, 15) is 8.42 Å². The fourth-order valence-corrected chi connectivity index (χ4v) is 4.08. The summed E-state index contributed by atoms with van der Waals surface area (Å²) in [6.07, 6.45) is 0. The third kappa shape index (κ3) is 3.23. The van der Waals surface area contributed by atoms with Crippen LogP contribution in [-0.2, 0) is 10.0 Å². The van der Waals surface area contributed by atoms with Gasteiger partial charge in [0.05, 0.1) is 16.1 Å². The number of aromatic nitrogens is 1. The van der Waals surface area contributed by atoms with E-state index < -0.39 is 10.0 Å². The Morgan fingerprint density at radius 3 is 2.42 bits per heavy atom. The molecule has 0 aliphatic heterocycles. The molecule has 0 unspecified atom stereocenters. The lowest BCUT2D eigenvalue weighted by Crippen LogP contribution is -2.12. The lowest BCUT2D eigenvalue weighted by Gasteiger charge is -2.07. The van der Waals surface area contributed by atoms with Crippen LogP contribution in [0.15, 0.2) is 86.6 Å². The van der Waals surface area contributed by atoms with Crippen molar-refractivity contribution in [1.82, 2.24) is 4.98 Å². The second-order valence-electron chi connectivity index (χ2n) is 5.60. The van der Waals surface area contributed by atoms with E-state index in [1.165, 1.54) is 0 Å². The van der Waals surface area contributed by atoms with Gasteiger partial charge in [0, 0.05) is 4.47 Å². The summed E-state index contributed by atoms with van der Waals surface area (Å²) < 4.78 is 34.1. The van der Waals surface area contributed by atoms with Crippen LogP contribution in [-0.4, -0.2) is 13.4 Å². The Morgan fingerprint density at radius 2 is 1.65 bits per heavy atom. The molecule has 26 heavy (non-hydrogen) atoms. The Kier molecular flexibility index (Phi) is 4.26. The molecule has 0 aliphatic rings. The number of hydrogen-bond acceptors (Lipinski definition) is 4. The minimum atomic E-state index is -3.65. The molecule has 7 heteroatoms. The number of nitrogens with one attached hydrogen (secondary N) is 1. The molecule has 0 aliphatic carbocycles. The number of halogens is 1. The number of fused-ring (bicyclic) bond motifs is 1. The SMILES string of the molecule is O=S(=O)(Nc1ccc2oc(-c3ccccc3Br)nc2c1)c1ccccc1. The van der Waals surface area contributed by atoms with Crippen molar-refractivity contribution in [3.05, 3.63) is 77.3 Å². The highest BCUT2D eigenvalue weighted by molar-refractivity contribution is 9.10. The van der Waals surface area contributed by atoms with Gasteiger partial charge in [-0.3, -0.25) is 4.72 Å². The van der Waals surface area contributed by atoms with Crippen molar-refractivity contribution >= 4 is 42.7 Å². The zero-order valence-electron chi connectivity index (χ0n) is 13.4. The third-order valence-electron chi connectivity index (χ3n) is 3.80. The Bertz CT molecular complexity index is 1190. The second kappa shape index (κ2) is 6.59. The van der Waals surface area contributed by atoms with Crippen LogP contribution in [0.1, 0.15) is 0 Å². The predicted molar refractivity (Wildman–Crippen MR) is 104 cm³/mol. The maximum atomic E-state index is 12.4. The first-order valence-corrected chi connectivity index (χ1v) is 10.0. The first kappa shape index (κ1) is 16.8.